The normalized spacial score (nSPS) is 22.9. The molecule has 30 heavy (non-hydrogen) atoms. The molecule has 0 unspecified atom stereocenters. The van der Waals surface area contributed by atoms with Crippen molar-refractivity contribution in [2.75, 3.05) is 31.1 Å². The van der Waals surface area contributed by atoms with E-state index < -0.39 is 10.0 Å². The third-order valence-corrected chi connectivity index (χ3v) is 9.82. The molecule has 1 aliphatic heterocycles. The molecule has 5 rings (SSSR count). The Morgan fingerprint density at radius 1 is 1.00 bits per heavy atom. The van der Waals surface area contributed by atoms with E-state index in [2.05, 4.69) is 17.0 Å². The Kier molecular flexibility index (Phi) is 5.15. The van der Waals surface area contributed by atoms with Crippen LogP contribution in [0.25, 0.3) is 0 Å². The molecule has 0 atom stereocenters. The zero-order chi connectivity index (χ0) is 20.8. The quantitative estimate of drug-likeness (QED) is 0.702. The fourth-order valence-corrected chi connectivity index (χ4v) is 7.24. The fourth-order valence-electron chi connectivity index (χ4n) is 4.60. The number of carbonyl (C=O) groups excluding carboxylic acids is 1. The molecule has 0 spiro atoms. The van der Waals surface area contributed by atoms with Gasteiger partial charge < -0.3 is 4.90 Å². The van der Waals surface area contributed by atoms with Crippen molar-refractivity contribution < 1.29 is 13.2 Å². The second-order valence-electron chi connectivity index (χ2n) is 8.52. The van der Waals surface area contributed by atoms with Crippen LogP contribution in [0.2, 0.25) is 0 Å². The molecule has 160 valence electrons. The van der Waals surface area contributed by atoms with Crippen molar-refractivity contribution >= 4 is 32.5 Å². The van der Waals surface area contributed by atoms with Crippen LogP contribution in [-0.2, 0) is 20.2 Å². The van der Waals surface area contributed by atoms with Crippen LogP contribution in [0, 0.1) is 0 Å². The van der Waals surface area contributed by atoms with Crippen molar-refractivity contribution in [1.29, 1.82) is 0 Å². The summed E-state index contributed by atoms with van der Waals surface area (Å²) >= 11 is 1.38. The monoisotopic (exact) mass is 446 g/mol. The van der Waals surface area contributed by atoms with Gasteiger partial charge in [-0.05, 0) is 31.2 Å². The molecule has 0 bridgehead atoms. The van der Waals surface area contributed by atoms with Crippen LogP contribution in [0.5, 0.6) is 0 Å². The second-order valence-corrected chi connectivity index (χ2v) is 11.5. The van der Waals surface area contributed by atoms with Gasteiger partial charge in [0, 0.05) is 50.6 Å². The van der Waals surface area contributed by atoms with Crippen LogP contribution in [0.1, 0.15) is 49.9 Å². The summed E-state index contributed by atoms with van der Waals surface area (Å²) in [6, 6.07) is 10.3. The van der Waals surface area contributed by atoms with E-state index in [1.165, 1.54) is 17.1 Å². The molecule has 1 aromatic heterocycles. The maximum atomic E-state index is 12.5. The number of hydrogen-bond donors (Lipinski definition) is 0. The fraction of sp³-hybridized carbons (Fsp3) is 0.571. The summed E-state index contributed by atoms with van der Waals surface area (Å²) in [5.41, 5.74) is 0.850. The summed E-state index contributed by atoms with van der Waals surface area (Å²) in [4.78, 5) is 19.0. The van der Waals surface area contributed by atoms with Crippen LogP contribution >= 0.6 is 11.5 Å². The first kappa shape index (κ1) is 20.1. The molecule has 0 amide bonds. The summed E-state index contributed by atoms with van der Waals surface area (Å²) in [5.74, 6) is 1.11. The summed E-state index contributed by atoms with van der Waals surface area (Å²) in [5, 5.41) is 0.692. The third kappa shape index (κ3) is 3.56. The van der Waals surface area contributed by atoms with E-state index in [4.69, 9.17) is 9.36 Å². The smallest absolute Gasteiger partial charge is 0.217 e. The molecule has 2 heterocycles. The Labute approximate surface area is 181 Å². The second kappa shape index (κ2) is 7.69. The Bertz CT molecular complexity index is 1020. The average molecular weight is 447 g/mol. The van der Waals surface area contributed by atoms with Gasteiger partial charge >= 0.3 is 0 Å². The molecule has 1 saturated heterocycles. The first-order valence-corrected chi connectivity index (χ1v) is 12.9. The van der Waals surface area contributed by atoms with Gasteiger partial charge in [-0.1, -0.05) is 30.3 Å². The molecule has 0 N–H and O–H groups in total. The van der Waals surface area contributed by atoms with Crippen LogP contribution in [-0.4, -0.2) is 59.3 Å². The van der Waals surface area contributed by atoms with Crippen LogP contribution in [0.3, 0.4) is 0 Å². The predicted molar refractivity (Wildman–Crippen MR) is 116 cm³/mol. The minimum absolute atomic E-state index is 0.156. The summed E-state index contributed by atoms with van der Waals surface area (Å²) in [7, 11) is -3.12. The number of nitrogens with zero attached hydrogens (tertiary/aromatic N) is 4. The number of carbonyl (C=O) groups is 1. The van der Waals surface area contributed by atoms with E-state index in [1.807, 2.05) is 18.2 Å². The van der Waals surface area contributed by atoms with E-state index in [-0.39, 0.29) is 10.7 Å². The van der Waals surface area contributed by atoms with Gasteiger partial charge in [0.2, 0.25) is 15.2 Å². The van der Waals surface area contributed by atoms with E-state index in [0.717, 1.165) is 36.6 Å². The number of hydrogen-bond acceptors (Lipinski definition) is 7. The minimum Gasteiger partial charge on any atom is -0.344 e. The highest BCUT2D eigenvalue weighted by molar-refractivity contribution is 7.90. The Hall–Kier alpha value is -1.84. The SMILES string of the molecule is O=C1CCC(c2ccccc2)(c2nsc(N3CCN(S(=O)(=O)C4CC4)CC3)n2)CC1. The standard InChI is InChI=1S/C21H26N4O3S2/c26-17-8-10-21(11-9-17,16-4-2-1-3-5-16)19-22-20(29-23-19)24-12-14-25(15-13-24)30(27,28)18-6-7-18/h1-5,18H,6-15H2. The van der Waals surface area contributed by atoms with Gasteiger partial charge in [-0.15, -0.1) is 0 Å². The van der Waals surface area contributed by atoms with Gasteiger partial charge in [0.1, 0.15) is 5.78 Å². The van der Waals surface area contributed by atoms with Crippen molar-refractivity contribution in [2.24, 2.45) is 0 Å². The van der Waals surface area contributed by atoms with Crippen molar-refractivity contribution in [3.05, 3.63) is 41.7 Å². The lowest BCUT2D eigenvalue weighted by molar-refractivity contribution is -0.121. The molecule has 0 radical (unpaired) electrons. The number of benzene rings is 1. The molecule has 2 saturated carbocycles. The van der Waals surface area contributed by atoms with Crippen LogP contribution in [0.4, 0.5) is 5.13 Å². The lowest BCUT2D eigenvalue weighted by Gasteiger charge is -2.35. The van der Waals surface area contributed by atoms with Crippen molar-refractivity contribution in [3.8, 4) is 0 Å². The minimum atomic E-state index is -3.12. The van der Waals surface area contributed by atoms with Crippen LogP contribution in [0.15, 0.2) is 30.3 Å². The summed E-state index contributed by atoms with van der Waals surface area (Å²) < 4.78 is 31.3. The summed E-state index contributed by atoms with van der Waals surface area (Å²) in [6.45, 7) is 2.28. The molecule has 3 fully saturated rings. The van der Waals surface area contributed by atoms with E-state index in [0.29, 0.717) is 44.8 Å². The molecule has 2 aromatic rings. The van der Waals surface area contributed by atoms with Gasteiger partial charge in [-0.3, -0.25) is 4.79 Å². The van der Waals surface area contributed by atoms with Gasteiger partial charge in [-0.25, -0.2) is 13.4 Å². The lowest BCUT2D eigenvalue weighted by Crippen LogP contribution is -2.49. The highest BCUT2D eigenvalue weighted by Crippen LogP contribution is 2.43. The van der Waals surface area contributed by atoms with E-state index in [9.17, 15) is 13.2 Å². The van der Waals surface area contributed by atoms with Gasteiger partial charge in [0.25, 0.3) is 0 Å². The predicted octanol–water partition coefficient (Wildman–Crippen LogP) is 2.58. The molecular weight excluding hydrogens is 420 g/mol. The number of Topliss-reactive ketones (excluding diaryl/α,β-unsaturated/α-hetero) is 1. The molecule has 1 aromatic carbocycles. The third-order valence-electron chi connectivity index (χ3n) is 6.65. The topological polar surface area (TPSA) is 83.5 Å². The highest BCUT2D eigenvalue weighted by atomic mass is 32.2. The van der Waals surface area contributed by atoms with E-state index in [1.54, 1.807) is 4.31 Å². The first-order valence-electron chi connectivity index (χ1n) is 10.6. The zero-order valence-electron chi connectivity index (χ0n) is 16.9. The maximum Gasteiger partial charge on any atom is 0.217 e. The van der Waals surface area contributed by atoms with Gasteiger partial charge in [0.15, 0.2) is 5.82 Å². The Balaban J connectivity index is 1.36. The van der Waals surface area contributed by atoms with E-state index >= 15 is 0 Å². The number of piperazine rings is 1. The zero-order valence-corrected chi connectivity index (χ0v) is 18.5. The van der Waals surface area contributed by atoms with Crippen molar-refractivity contribution in [2.45, 2.75) is 49.2 Å². The molecule has 2 aliphatic carbocycles. The maximum absolute atomic E-state index is 12.5. The highest BCUT2D eigenvalue weighted by Gasteiger charge is 2.43. The largest absolute Gasteiger partial charge is 0.344 e. The number of rotatable bonds is 5. The number of sulfonamides is 1. The summed E-state index contributed by atoms with van der Waals surface area (Å²) in [6.07, 6.45) is 4.18. The average Bonchev–Trinajstić information content (AvgIpc) is 3.53. The van der Waals surface area contributed by atoms with Crippen molar-refractivity contribution in [1.82, 2.24) is 13.7 Å². The number of anilines is 1. The van der Waals surface area contributed by atoms with Gasteiger partial charge in [0.05, 0.1) is 10.7 Å². The molecule has 3 aliphatic rings. The Morgan fingerprint density at radius 2 is 1.67 bits per heavy atom. The number of ketones is 1. The molecule has 9 heteroatoms. The lowest BCUT2D eigenvalue weighted by atomic mass is 9.68. The Morgan fingerprint density at radius 3 is 2.30 bits per heavy atom. The molecule has 7 nitrogen and oxygen atoms in total. The van der Waals surface area contributed by atoms with Gasteiger partial charge in [-0.2, -0.15) is 8.68 Å². The molecular formula is C21H26N4O3S2. The van der Waals surface area contributed by atoms with Crippen LogP contribution < -0.4 is 4.90 Å². The number of aromatic nitrogens is 2. The van der Waals surface area contributed by atoms with Crippen molar-refractivity contribution in [3.63, 3.8) is 0 Å². The first-order chi connectivity index (χ1) is 14.5.